The zero-order chi connectivity index (χ0) is 13.7. The minimum absolute atomic E-state index is 0.665. The minimum atomic E-state index is 0.665. The van der Waals surface area contributed by atoms with Crippen molar-refractivity contribution in [1.82, 2.24) is 19.7 Å². The van der Waals surface area contributed by atoms with E-state index in [9.17, 15) is 0 Å². The van der Waals surface area contributed by atoms with Gasteiger partial charge in [0.15, 0.2) is 0 Å². The molecule has 0 spiro atoms. The Morgan fingerprint density at radius 3 is 2.74 bits per heavy atom. The van der Waals surface area contributed by atoms with Crippen molar-refractivity contribution in [2.24, 2.45) is 12.9 Å². The number of aromatic nitrogens is 4. The van der Waals surface area contributed by atoms with Crippen LogP contribution in [0.5, 0.6) is 0 Å². The molecule has 0 fully saturated rings. The summed E-state index contributed by atoms with van der Waals surface area (Å²) in [6.07, 6.45) is 5.09. The fourth-order valence-corrected chi connectivity index (χ4v) is 1.93. The molecule has 2 aromatic rings. The number of rotatable bonds is 6. The summed E-state index contributed by atoms with van der Waals surface area (Å²) in [5.41, 5.74) is 4.64. The highest BCUT2D eigenvalue weighted by molar-refractivity contribution is 5.56. The summed E-state index contributed by atoms with van der Waals surface area (Å²) in [6.45, 7) is 2.81. The van der Waals surface area contributed by atoms with Crippen LogP contribution in [0, 0.1) is 0 Å². The Morgan fingerprint density at radius 1 is 1.32 bits per heavy atom. The van der Waals surface area contributed by atoms with Gasteiger partial charge in [-0.3, -0.25) is 4.68 Å². The molecule has 2 rings (SSSR count). The Kier molecular flexibility index (Phi) is 4.30. The third-order valence-corrected chi connectivity index (χ3v) is 2.88. The third kappa shape index (κ3) is 3.19. The summed E-state index contributed by atoms with van der Waals surface area (Å²) in [5.74, 6) is 6.92. The molecule has 2 heterocycles. The molecule has 0 aliphatic heterocycles. The summed E-state index contributed by atoms with van der Waals surface area (Å²) < 4.78 is 1.80. The van der Waals surface area contributed by atoms with Gasteiger partial charge in [-0.05, 0) is 12.5 Å². The van der Waals surface area contributed by atoms with E-state index in [1.54, 1.807) is 4.68 Å². The van der Waals surface area contributed by atoms with Crippen LogP contribution in [0.3, 0.4) is 0 Å². The summed E-state index contributed by atoms with van der Waals surface area (Å²) >= 11 is 0. The second-order valence-corrected chi connectivity index (χ2v) is 4.20. The van der Waals surface area contributed by atoms with Crippen LogP contribution < -0.4 is 16.6 Å². The average molecular weight is 261 g/mol. The molecule has 0 atom stereocenters. The number of nitrogens with zero attached hydrogens (tertiary/aromatic N) is 4. The molecule has 2 aromatic heterocycles. The van der Waals surface area contributed by atoms with Crippen LogP contribution >= 0.6 is 0 Å². The summed E-state index contributed by atoms with van der Waals surface area (Å²) in [7, 11) is 1.91. The SMILES string of the molecule is CCc1c(NN)ncnc1NCCc1ccn(C)n1. The molecule has 19 heavy (non-hydrogen) atoms. The molecule has 0 radical (unpaired) electrons. The topological polar surface area (TPSA) is 93.7 Å². The van der Waals surface area contributed by atoms with Crippen molar-refractivity contribution >= 4 is 11.6 Å². The van der Waals surface area contributed by atoms with E-state index in [1.807, 2.05) is 26.2 Å². The van der Waals surface area contributed by atoms with Gasteiger partial charge in [-0.25, -0.2) is 15.8 Å². The van der Waals surface area contributed by atoms with Gasteiger partial charge in [0, 0.05) is 31.8 Å². The van der Waals surface area contributed by atoms with Crippen LogP contribution in [0.15, 0.2) is 18.6 Å². The first kappa shape index (κ1) is 13.3. The molecule has 0 aliphatic rings. The van der Waals surface area contributed by atoms with E-state index in [1.165, 1.54) is 6.33 Å². The molecular weight excluding hydrogens is 242 g/mol. The number of nitrogens with two attached hydrogens (primary N) is 1. The number of hydrazine groups is 1. The largest absolute Gasteiger partial charge is 0.369 e. The van der Waals surface area contributed by atoms with E-state index < -0.39 is 0 Å². The van der Waals surface area contributed by atoms with Gasteiger partial charge < -0.3 is 10.7 Å². The molecule has 7 heteroatoms. The maximum absolute atomic E-state index is 5.44. The number of anilines is 2. The van der Waals surface area contributed by atoms with Gasteiger partial charge in [0.05, 0.1) is 5.69 Å². The van der Waals surface area contributed by atoms with Gasteiger partial charge in [0.25, 0.3) is 0 Å². The second kappa shape index (κ2) is 6.14. The number of aryl methyl sites for hydroxylation is 1. The lowest BCUT2D eigenvalue weighted by Crippen LogP contribution is -2.15. The van der Waals surface area contributed by atoms with Crippen molar-refractivity contribution in [3.8, 4) is 0 Å². The van der Waals surface area contributed by atoms with Crippen LogP contribution in [0.25, 0.3) is 0 Å². The summed E-state index contributed by atoms with van der Waals surface area (Å²) in [6, 6.07) is 2.01. The van der Waals surface area contributed by atoms with Crippen LogP contribution in [0.4, 0.5) is 11.6 Å². The second-order valence-electron chi connectivity index (χ2n) is 4.20. The van der Waals surface area contributed by atoms with Crippen molar-refractivity contribution in [3.05, 3.63) is 29.8 Å². The molecule has 0 saturated heterocycles. The van der Waals surface area contributed by atoms with E-state index in [0.717, 1.165) is 36.5 Å². The zero-order valence-corrected chi connectivity index (χ0v) is 11.2. The van der Waals surface area contributed by atoms with Crippen LogP contribution in [0.2, 0.25) is 0 Å². The van der Waals surface area contributed by atoms with E-state index in [-0.39, 0.29) is 0 Å². The Bertz CT molecular complexity index is 535. The highest BCUT2D eigenvalue weighted by Crippen LogP contribution is 2.19. The Morgan fingerprint density at radius 2 is 2.11 bits per heavy atom. The van der Waals surface area contributed by atoms with E-state index in [4.69, 9.17) is 5.84 Å². The van der Waals surface area contributed by atoms with Gasteiger partial charge in [-0.2, -0.15) is 5.10 Å². The van der Waals surface area contributed by atoms with Crippen LogP contribution in [-0.4, -0.2) is 26.3 Å². The first-order valence-corrected chi connectivity index (χ1v) is 6.27. The molecule has 4 N–H and O–H groups in total. The lowest BCUT2D eigenvalue weighted by Gasteiger charge is -2.12. The molecule has 0 amide bonds. The number of hydrogen-bond acceptors (Lipinski definition) is 6. The lowest BCUT2D eigenvalue weighted by atomic mass is 10.2. The fourth-order valence-electron chi connectivity index (χ4n) is 1.93. The molecule has 0 bridgehead atoms. The van der Waals surface area contributed by atoms with Gasteiger partial charge in [-0.1, -0.05) is 6.92 Å². The number of nitrogens with one attached hydrogen (secondary N) is 2. The van der Waals surface area contributed by atoms with Crippen molar-refractivity contribution in [2.45, 2.75) is 19.8 Å². The number of hydrogen-bond donors (Lipinski definition) is 3. The first-order valence-electron chi connectivity index (χ1n) is 6.27. The minimum Gasteiger partial charge on any atom is -0.369 e. The quantitative estimate of drug-likeness (QED) is 0.524. The molecular formula is C12H19N7. The van der Waals surface area contributed by atoms with Crippen LogP contribution in [0.1, 0.15) is 18.2 Å². The van der Waals surface area contributed by atoms with Crippen LogP contribution in [-0.2, 0) is 19.9 Å². The standard InChI is InChI=1S/C12H19N7/c1-3-10-11(15-8-16-12(10)17-13)14-6-4-9-5-7-19(2)18-9/h5,7-8H,3-4,6,13H2,1-2H3,(H2,14,15,16,17). The molecule has 0 unspecified atom stereocenters. The molecule has 0 saturated carbocycles. The Hall–Kier alpha value is -2.15. The maximum atomic E-state index is 5.44. The highest BCUT2D eigenvalue weighted by Gasteiger charge is 2.08. The fraction of sp³-hybridized carbons (Fsp3) is 0.417. The Balaban J connectivity index is 1.99. The smallest absolute Gasteiger partial charge is 0.148 e. The summed E-state index contributed by atoms with van der Waals surface area (Å²) in [5, 5.41) is 7.63. The Labute approximate surface area is 112 Å². The van der Waals surface area contributed by atoms with Crippen molar-refractivity contribution < 1.29 is 0 Å². The molecule has 7 nitrogen and oxygen atoms in total. The van der Waals surface area contributed by atoms with Gasteiger partial charge in [-0.15, -0.1) is 0 Å². The third-order valence-electron chi connectivity index (χ3n) is 2.88. The molecule has 0 aliphatic carbocycles. The van der Waals surface area contributed by atoms with Crippen molar-refractivity contribution in [2.75, 3.05) is 17.3 Å². The van der Waals surface area contributed by atoms with E-state index in [0.29, 0.717) is 5.82 Å². The zero-order valence-electron chi connectivity index (χ0n) is 11.2. The van der Waals surface area contributed by atoms with E-state index >= 15 is 0 Å². The summed E-state index contributed by atoms with van der Waals surface area (Å²) in [4.78, 5) is 8.35. The molecule has 0 aromatic carbocycles. The highest BCUT2D eigenvalue weighted by atomic mass is 15.3. The normalized spacial score (nSPS) is 10.5. The van der Waals surface area contributed by atoms with Crippen molar-refractivity contribution in [3.63, 3.8) is 0 Å². The van der Waals surface area contributed by atoms with Gasteiger partial charge in [0.2, 0.25) is 0 Å². The lowest BCUT2D eigenvalue weighted by molar-refractivity contribution is 0.741. The monoisotopic (exact) mass is 261 g/mol. The van der Waals surface area contributed by atoms with E-state index in [2.05, 4.69) is 25.8 Å². The van der Waals surface area contributed by atoms with Gasteiger partial charge in [0.1, 0.15) is 18.0 Å². The van der Waals surface area contributed by atoms with Gasteiger partial charge >= 0.3 is 0 Å². The predicted molar refractivity (Wildman–Crippen MR) is 74.6 cm³/mol. The van der Waals surface area contributed by atoms with Crippen molar-refractivity contribution in [1.29, 1.82) is 0 Å². The maximum Gasteiger partial charge on any atom is 0.148 e. The first-order chi connectivity index (χ1) is 9.24. The number of nitrogen functional groups attached to an aromatic ring is 1. The molecule has 102 valence electrons. The predicted octanol–water partition coefficient (Wildman–Crippen LogP) is 0.713. The average Bonchev–Trinajstić information content (AvgIpc) is 2.84.